The van der Waals surface area contributed by atoms with Crippen LogP contribution in [-0.2, 0) is 13.1 Å². The summed E-state index contributed by atoms with van der Waals surface area (Å²) in [5.74, 6) is 1.12. The highest BCUT2D eigenvalue weighted by atomic mass is 32.2. The van der Waals surface area contributed by atoms with Gasteiger partial charge in [0, 0.05) is 56.2 Å². The lowest BCUT2D eigenvalue weighted by atomic mass is 10.2. The zero-order valence-corrected chi connectivity index (χ0v) is 20.5. The lowest BCUT2D eigenvalue weighted by Crippen LogP contribution is -2.35. The third kappa shape index (κ3) is 5.99. The molecule has 0 spiro atoms. The van der Waals surface area contributed by atoms with E-state index in [1.807, 2.05) is 65.8 Å². The fourth-order valence-electron chi connectivity index (χ4n) is 4.35. The molecule has 0 radical (unpaired) electrons. The summed E-state index contributed by atoms with van der Waals surface area (Å²) in [5.41, 5.74) is 1.94. The predicted octanol–water partition coefficient (Wildman–Crippen LogP) is 4.83. The van der Waals surface area contributed by atoms with Crippen LogP contribution in [0.5, 0.6) is 0 Å². The van der Waals surface area contributed by atoms with Gasteiger partial charge in [-0.05, 0) is 36.2 Å². The van der Waals surface area contributed by atoms with Crippen molar-refractivity contribution in [3.8, 4) is 0 Å². The van der Waals surface area contributed by atoms with Gasteiger partial charge in [-0.3, -0.25) is 9.69 Å². The number of carbonyl (C=O) groups excluding carboxylic acids is 1. The van der Waals surface area contributed by atoms with Crippen LogP contribution in [0.2, 0.25) is 0 Å². The molecule has 0 unspecified atom stereocenters. The standard InChI is InChI=1S/C28H29N5OS/c34-28(25-13-7-14-30-27(25)35-24-11-5-2-6-12-24)32-17-8-16-31(19-20-32)22-26-29-15-18-33(26)21-23-9-3-1-4-10-23/h1-7,9-15,18H,8,16-17,19-22H2. The zero-order chi connectivity index (χ0) is 23.9. The molecule has 5 rings (SSSR count). The molecule has 0 atom stereocenters. The predicted molar refractivity (Wildman–Crippen MR) is 138 cm³/mol. The first-order valence-corrected chi connectivity index (χ1v) is 12.8. The summed E-state index contributed by atoms with van der Waals surface area (Å²) in [4.78, 5) is 28.1. The maximum atomic E-state index is 13.5. The van der Waals surface area contributed by atoms with Gasteiger partial charge >= 0.3 is 0 Å². The highest BCUT2D eigenvalue weighted by Crippen LogP contribution is 2.29. The fourth-order valence-corrected chi connectivity index (χ4v) is 5.25. The summed E-state index contributed by atoms with van der Waals surface area (Å²) < 4.78 is 2.21. The number of amides is 1. The number of rotatable bonds is 7. The third-order valence-electron chi connectivity index (χ3n) is 6.20. The molecule has 178 valence electrons. The maximum absolute atomic E-state index is 13.5. The number of pyridine rings is 1. The van der Waals surface area contributed by atoms with Gasteiger partial charge < -0.3 is 9.47 Å². The van der Waals surface area contributed by atoms with Crippen molar-refractivity contribution in [3.05, 3.63) is 108 Å². The lowest BCUT2D eigenvalue weighted by Gasteiger charge is -2.23. The largest absolute Gasteiger partial charge is 0.337 e. The van der Waals surface area contributed by atoms with Gasteiger partial charge in [-0.25, -0.2) is 9.97 Å². The van der Waals surface area contributed by atoms with Crippen LogP contribution in [0, 0.1) is 0 Å². The van der Waals surface area contributed by atoms with Gasteiger partial charge in [0.2, 0.25) is 0 Å². The van der Waals surface area contributed by atoms with E-state index in [0.29, 0.717) is 12.1 Å². The Morgan fingerprint density at radius 2 is 1.60 bits per heavy atom. The SMILES string of the molecule is O=C(c1cccnc1Sc1ccccc1)N1CCCN(Cc2nccn2Cc2ccccc2)CC1. The maximum Gasteiger partial charge on any atom is 0.256 e. The van der Waals surface area contributed by atoms with Gasteiger partial charge in [-0.1, -0.05) is 60.3 Å². The second kappa shape index (κ2) is 11.3. The molecule has 7 heteroatoms. The van der Waals surface area contributed by atoms with E-state index in [1.165, 1.54) is 17.3 Å². The van der Waals surface area contributed by atoms with Crippen LogP contribution < -0.4 is 0 Å². The van der Waals surface area contributed by atoms with Crippen molar-refractivity contribution >= 4 is 17.7 Å². The van der Waals surface area contributed by atoms with E-state index >= 15 is 0 Å². The smallest absolute Gasteiger partial charge is 0.256 e. The first kappa shape index (κ1) is 23.3. The summed E-state index contributed by atoms with van der Waals surface area (Å²) in [6, 6.07) is 24.3. The molecule has 6 nitrogen and oxygen atoms in total. The molecule has 4 aromatic rings. The van der Waals surface area contributed by atoms with Gasteiger partial charge in [-0.15, -0.1) is 0 Å². The van der Waals surface area contributed by atoms with Gasteiger partial charge in [0.15, 0.2) is 0 Å². The number of benzene rings is 2. The summed E-state index contributed by atoms with van der Waals surface area (Å²) in [6.45, 7) is 4.81. The fraction of sp³-hybridized carbons (Fsp3) is 0.250. The third-order valence-corrected chi connectivity index (χ3v) is 7.22. The van der Waals surface area contributed by atoms with Crippen molar-refractivity contribution in [2.45, 2.75) is 29.4 Å². The Kier molecular flexibility index (Phi) is 7.56. The van der Waals surface area contributed by atoms with Gasteiger partial charge in [0.25, 0.3) is 5.91 Å². The highest BCUT2D eigenvalue weighted by molar-refractivity contribution is 7.99. The second-order valence-electron chi connectivity index (χ2n) is 8.65. The van der Waals surface area contributed by atoms with Crippen LogP contribution in [-0.4, -0.2) is 56.4 Å². The van der Waals surface area contributed by atoms with Crippen LogP contribution in [0.4, 0.5) is 0 Å². The number of hydrogen-bond acceptors (Lipinski definition) is 5. The quantitative estimate of drug-likeness (QED) is 0.377. The summed E-state index contributed by atoms with van der Waals surface area (Å²) in [5, 5.41) is 0.757. The topological polar surface area (TPSA) is 54.3 Å². The van der Waals surface area contributed by atoms with Gasteiger partial charge in [0.1, 0.15) is 10.9 Å². The Bertz CT molecular complexity index is 1240. The Labute approximate surface area is 210 Å². The van der Waals surface area contributed by atoms with Crippen molar-refractivity contribution in [2.24, 2.45) is 0 Å². The van der Waals surface area contributed by atoms with E-state index in [9.17, 15) is 4.79 Å². The molecule has 0 N–H and O–H groups in total. The molecule has 2 aromatic carbocycles. The Morgan fingerprint density at radius 1 is 0.800 bits per heavy atom. The van der Waals surface area contributed by atoms with E-state index in [4.69, 9.17) is 0 Å². The average molecular weight is 484 g/mol. The van der Waals surface area contributed by atoms with Crippen molar-refractivity contribution < 1.29 is 4.79 Å². The monoisotopic (exact) mass is 483 g/mol. The molecule has 3 heterocycles. The molecule has 1 aliphatic rings. The molecule has 1 saturated heterocycles. The van der Waals surface area contributed by atoms with E-state index in [2.05, 4.69) is 43.7 Å². The molecule has 1 aliphatic heterocycles. The molecule has 35 heavy (non-hydrogen) atoms. The molecule has 0 bridgehead atoms. The van der Waals surface area contributed by atoms with Crippen molar-refractivity contribution in [1.29, 1.82) is 0 Å². The number of imidazole rings is 1. The van der Waals surface area contributed by atoms with Crippen LogP contribution in [0.1, 0.15) is 28.2 Å². The summed E-state index contributed by atoms with van der Waals surface area (Å²) in [6.07, 6.45) is 6.61. The number of hydrogen-bond donors (Lipinski definition) is 0. The Balaban J connectivity index is 1.23. The molecule has 1 amide bonds. The van der Waals surface area contributed by atoms with Gasteiger partial charge in [-0.2, -0.15) is 0 Å². The van der Waals surface area contributed by atoms with Gasteiger partial charge in [0.05, 0.1) is 12.1 Å². The van der Waals surface area contributed by atoms with Crippen molar-refractivity contribution in [1.82, 2.24) is 24.3 Å². The van der Waals surface area contributed by atoms with E-state index in [0.717, 1.165) is 54.9 Å². The Morgan fingerprint density at radius 3 is 2.43 bits per heavy atom. The summed E-state index contributed by atoms with van der Waals surface area (Å²) >= 11 is 1.54. The van der Waals surface area contributed by atoms with E-state index in [-0.39, 0.29) is 5.91 Å². The highest BCUT2D eigenvalue weighted by Gasteiger charge is 2.23. The second-order valence-corrected chi connectivity index (χ2v) is 9.71. The Hall–Kier alpha value is -3.42. The number of aromatic nitrogens is 3. The zero-order valence-electron chi connectivity index (χ0n) is 19.7. The van der Waals surface area contributed by atoms with Crippen molar-refractivity contribution in [2.75, 3.05) is 26.2 Å². The minimum atomic E-state index is 0.0592. The minimum absolute atomic E-state index is 0.0592. The molecular weight excluding hydrogens is 454 g/mol. The number of nitrogens with zero attached hydrogens (tertiary/aromatic N) is 5. The van der Waals surface area contributed by atoms with E-state index in [1.54, 1.807) is 6.20 Å². The first-order chi connectivity index (χ1) is 17.3. The first-order valence-electron chi connectivity index (χ1n) is 12.0. The lowest BCUT2D eigenvalue weighted by molar-refractivity contribution is 0.0756. The van der Waals surface area contributed by atoms with Crippen LogP contribution in [0.3, 0.4) is 0 Å². The van der Waals surface area contributed by atoms with E-state index < -0.39 is 0 Å². The minimum Gasteiger partial charge on any atom is -0.337 e. The van der Waals surface area contributed by atoms with Crippen LogP contribution in [0.25, 0.3) is 0 Å². The summed E-state index contributed by atoms with van der Waals surface area (Å²) in [7, 11) is 0. The molecule has 0 aliphatic carbocycles. The molecule has 0 saturated carbocycles. The average Bonchev–Trinajstić information content (AvgIpc) is 3.19. The van der Waals surface area contributed by atoms with Crippen LogP contribution in [0.15, 0.2) is 101 Å². The van der Waals surface area contributed by atoms with Crippen molar-refractivity contribution in [3.63, 3.8) is 0 Å². The molecule has 1 fully saturated rings. The van der Waals surface area contributed by atoms with Crippen LogP contribution >= 0.6 is 11.8 Å². The normalized spacial score (nSPS) is 14.6. The number of carbonyl (C=O) groups is 1. The molecular formula is C28H29N5OS. The molecule has 2 aromatic heterocycles.